The van der Waals surface area contributed by atoms with Gasteiger partial charge in [-0.15, -0.1) is 0 Å². The van der Waals surface area contributed by atoms with Gasteiger partial charge in [0, 0.05) is 10.8 Å². The summed E-state index contributed by atoms with van der Waals surface area (Å²) in [4.78, 5) is 40.9. The van der Waals surface area contributed by atoms with Gasteiger partial charge in [-0.1, -0.05) is 36.4 Å². The molecule has 4 heterocycles. The van der Waals surface area contributed by atoms with Gasteiger partial charge in [0.2, 0.25) is 5.28 Å². The summed E-state index contributed by atoms with van der Waals surface area (Å²) in [5.74, 6) is -1.03. The summed E-state index contributed by atoms with van der Waals surface area (Å²) in [6.45, 7) is -0.725. The minimum absolute atomic E-state index is 0.113. The van der Waals surface area contributed by atoms with Crippen molar-refractivity contribution in [3.05, 3.63) is 60.1 Å². The first-order valence-corrected chi connectivity index (χ1v) is 15.8. The SMILES string of the molecule is O=P(O)(O)CP(=O)(O)OC[C@H]1O[C@@H](n2cnc3c(-n4c5ccccc5c5ccccc54)nc(Cl)nc32)C(O)[C@H]1O. The van der Waals surface area contributed by atoms with Crippen molar-refractivity contribution in [3.63, 3.8) is 0 Å². The highest BCUT2D eigenvalue weighted by molar-refractivity contribution is 7.70. The van der Waals surface area contributed by atoms with Gasteiger partial charge in [0.15, 0.2) is 29.1 Å². The molecule has 14 nitrogen and oxygen atoms in total. The Bertz CT molecular complexity index is 1800. The molecule has 0 spiro atoms. The number of halogens is 1. The lowest BCUT2D eigenvalue weighted by Crippen LogP contribution is -2.33. The molecule has 1 aliphatic heterocycles. The standard InChI is InChI=1S/C23H22ClN5O9P2/c24-23-26-20-17(21(27-23)29-14-7-3-1-5-12(14)13-6-2-4-8-15(13)29)25-10-28(20)22-19(31)18(30)16(38-22)9-37-40(35,36)11-39(32,33)34/h1-8,10,16,18-19,22,30-31H,9,11H2,(H,35,36)(H2,32,33,34)/t16-,18+,19?,22-/m1/s1. The molecule has 1 aliphatic rings. The highest BCUT2D eigenvalue weighted by Gasteiger charge is 2.46. The van der Waals surface area contributed by atoms with Crippen LogP contribution in [0.5, 0.6) is 0 Å². The molecule has 0 amide bonds. The lowest BCUT2D eigenvalue weighted by Gasteiger charge is -2.18. The van der Waals surface area contributed by atoms with E-state index in [2.05, 4.69) is 15.0 Å². The van der Waals surface area contributed by atoms with Crippen LogP contribution < -0.4 is 0 Å². The predicted octanol–water partition coefficient (Wildman–Crippen LogP) is 2.53. The van der Waals surface area contributed by atoms with Crippen molar-refractivity contribution in [1.82, 2.24) is 24.1 Å². The molecule has 17 heteroatoms. The number of hydrogen-bond acceptors (Lipinski definition) is 9. The van der Waals surface area contributed by atoms with Gasteiger partial charge in [0.05, 0.1) is 24.0 Å². The second-order valence-corrected chi connectivity index (χ2v) is 13.6. The first-order chi connectivity index (χ1) is 18.9. The molecule has 2 unspecified atom stereocenters. The third-order valence-electron chi connectivity index (χ3n) is 6.58. The van der Waals surface area contributed by atoms with Gasteiger partial charge < -0.3 is 34.2 Å². The number of ether oxygens (including phenoxy) is 1. The summed E-state index contributed by atoms with van der Waals surface area (Å²) < 4.78 is 36.9. The van der Waals surface area contributed by atoms with E-state index in [9.17, 15) is 24.2 Å². The van der Waals surface area contributed by atoms with Gasteiger partial charge >= 0.3 is 15.2 Å². The number of hydrogen-bond donors (Lipinski definition) is 5. The van der Waals surface area contributed by atoms with Gasteiger partial charge in [-0.05, 0) is 23.7 Å². The van der Waals surface area contributed by atoms with E-state index in [1.165, 1.54) is 10.9 Å². The number of aliphatic hydroxyl groups is 2. The third-order valence-corrected chi connectivity index (χ3v) is 10.2. The van der Waals surface area contributed by atoms with Crippen LogP contribution in [0, 0.1) is 0 Å². The Morgan fingerprint density at radius 3 is 2.20 bits per heavy atom. The summed E-state index contributed by atoms with van der Waals surface area (Å²) in [6, 6.07) is 15.5. The van der Waals surface area contributed by atoms with Gasteiger partial charge in [0.25, 0.3) is 0 Å². The maximum atomic E-state index is 12.0. The number of benzene rings is 2. The van der Waals surface area contributed by atoms with E-state index in [0.717, 1.165) is 21.8 Å². The van der Waals surface area contributed by atoms with Crippen LogP contribution in [0.15, 0.2) is 54.9 Å². The predicted molar refractivity (Wildman–Crippen MR) is 143 cm³/mol. The van der Waals surface area contributed by atoms with Crippen molar-refractivity contribution in [1.29, 1.82) is 0 Å². The summed E-state index contributed by atoms with van der Waals surface area (Å²) in [6.07, 6.45) is -4.36. The van der Waals surface area contributed by atoms with Crippen molar-refractivity contribution in [2.75, 3.05) is 12.5 Å². The normalized spacial score (nSPS) is 23.4. The quantitative estimate of drug-likeness (QED) is 0.133. The van der Waals surface area contributed by atoms with Crippen LogP contribution in [0.4, 0.5) is 0 Å². The van der Waals surface area contributed by atoms with E-state index in [4.69, 9.17) is 30.6 Å². The molecule has 3 aromatic heterocycles. The average molecular weight is 610 g/mol. The number of aromatic nitrogens is 5. The number of fused-ring (bicyclic) bond motifs is 4. The fraction of sp³-hybridized carbons (Fsp3) is 0.261. The highest BCUT2D eigenvalue weighted by Crippen LogP contribution is 2.55. The van der Waals surface area contributed by atoms with Gasteiger partial charge in [-0.25, -0.2) is 4.98 Å². The van der Waals surface area contributed by atoms with Gasteiger partial charge in [-0.2, -0.15) is 9.97 Å². The van der Waals surface area contributed by atoms with Crippen LogP contribution in [0.2, 0.25) is 5.28 Å². The van der Waals surface area contributed by atoms with E-state index in [0.29, 0.717) is 11.3 Å². The molecule has 5 atom stereocenters. The van der Waals surface area contributed by atoms with Crippen LogP contribution in [-0.2, 0) is 18.4 Å². The fourth-order valence-corrected chi connectivity index (χ4v) is 7.66. The number of rotatable bonds is 7. The van der Waals surface area contributed by atoms with Crippen LogP contribution in [0.25, 0.3) is 38.8 Å². The molecule has 1 fully saturated rings. The second-order valence-electron chi connectivity index (χ2n) is 9.30. The number of para-hydroxylation sites is 2. The zero-order valence-corrected chi connectivity index (χ0v) is 22.8. The smallest absolute Gasteiger partial charge is 0.340 e. The van der Waals surface area contributed by atoms with E-state index in [1.807, 2.05) is 53.1 Å². The Labute approximate surface area is 230 Å². The van der Waals surface area contributed by atoms with Gasteiger partial charge in [-0.3, -0.25) is 18.3 Å². The molecule has 2 aromatic carbocycles. The van der Waals surface area contributed by atoms with E-state index < -0.39 is 52.2 Å². The molecule has 210 valence electrons. The van der Waals surface area contributed by atoms with Crippen molar-refractivity contribution < 1.29 is 43.3 Å². The summed E-state index contributed by atoms with van der Waals surface area (Å²) >= 11 is 6.35. The monoisotopic (exact) mass is 609 g/mol. The summed E-state index contributed by atoms with van der Waals surface area (Å²) in [5.41, 5.74) is 2.21. The van der Waals surface area contributed by atoms with E-state index in [1.54, 1.807) is 0 Å². The summed E-state index contributed by atoms with van der Waals surface area (Å²) in [7, 11) is -9.56. The van der Waals surface area contributed by atoms with Crippen molar-refractivity contribution in [3.8, 4) is 5.82 Å². The second kappa shape index (κ2) is 9.97. The van der Waals surface area contributed by atoms with Crippen LogP contribution in [0.3, 0.4) is 0 Å². The highest BCUT2D eigenvalue weighted by atomic mass is 35.5. The molecule has 0 radical (unpaired) electrons. The van der Waals surface area contributed by atoms with Crippen LogP contribution in [0.1, 0.15) is 6.23 Å². The Balaban J connectivity index is 1.38. The third kappa shape index (κ3) is 4.86. The lowest BCUT2D eigenvalue weighted by molar-refractivity contribution is -0.0483. The molecule has 1 saturated heterocycles. The molecular weight excluding hydrogens is 588 g/mol. The minimum atomic E-state index is -4.85. The molecule has 0 saturated carbocycles. The Morgan fingerprint density at radius 2 is 1.57 bits per heavy atom. The molecule has 40 heavy (non-hydrogen) atoms. The topological polar surface area (TPSA) is 202 Å². The molecule has 5 aromatic rings. The van der Waals surface area contributed by atoms with Crippen LogP contribution in [-0.4, -0.2) is 79.8 Å². The summed E-state index contributed by atoms with van der Waals surface area (Å²) in [5, 5.41) is 23.2. The zero-order chi connectivity index (χ0) is 28.4. The first kappa shape index (κ1) is 27.4. The van der Waals surface area contributed by atoms with E-state index in [-0.39, 0.29) is 10.9 Å². The number of imidazole rings is 1. The van der Waals surface area contributed by atoms with Crippen molar-refractivity contribution >= 4 is 59.8 Å². The maximum Gasteiger partial charge on any atom is 0.340 e. The Morgan fingerprint density at radius 1 is 0.950 bits per heavy atom. The Kier molecular flexibility index (Phi) is 6.83. The Hall–Kier alpha value is -2.74. The molecule has 6 rings (SSSR count). The molecular formula is C23H22ClN5O9P2. The maximum absolute atomic E-state index is 12.0. The first-order valence-electron chi connectivity index (χ1n) is 11.8. The lowest BCUT2D eigenvalue weighted by atomic mass is 10.1. The van der Waals surface area contributed by atoms with Gasteiger partial charge in [0.1, 0.15) is 18.3 Å². The van der Waals surface area contributed by atoms with Crippen molar-refractivity contribution in [2.24, 2.45) is 0 Å². The number of aliphatic hydroxyl groups excluding tert-OH is 2. The molecule has 5 N–H and O–H groups in total. The zero-order valence-electron chi connectivity index (χ0n) is 20.3. The fourth-order valence-electron chi connectivity index (χ4n) is 4.93. The largest absolute Gasteiger partial charge is 0.387 e. The molecule has 0 bridgehead atoms. The minimum Gasteiger partial charge on any atom is -0.387 e. The number of nitrogens with zero attached hydrogens (tertiary/aromatic N) is 5. The van der Waals surface area contributed by atoms with Crippen LogP contribution >= 0.6 is 26.8 Å². The van der Waals surface area contributed by atoms with E-state index >= 15 is 0 Å². The van der Waals surface area contributed by atoms with Crippen molar-refractivity contribution in [2.45, 2.75) is 24.5 Å². The average Bonchev–Trinajstić information content (AvgIpc) is 3.53. The molecule has 0 aliphatic carbocycles.